The van der Waals surface area contributed by atoms with Crippen molar-refractivity contribution in [2.45, 2.75) is 12.5 Å². The summed E-state index contributed by atoms with van der Waals surface area (Å²) in [7, 11) is 0. The monoisotopic (exact) mass is 375 g/mol. The first-order chi connectivity index (χ1) is 10.9. The van der Waals surface area contributed by atoms with Gasteiger partial charge in [-0.15, -0.1) is 0 Å². The van der Waals surface area contributed by atoms with Gasteiger partial charge in [0.05, 0.1) is 12.2 Å². The number of halogens is 1. The van der Waals surface area contributed by atoms with Crippen molar-refractivity contribution in [2.75, 3.05) is 6.54 Å². The molecule has 6 nitrogen and oxygen atoms in total. The first-order valence-electron chi connectivity index (χ1n) is 6.98. The number of Topliss-reactive ketones (excluding diaryl/α,β-unsaturated/α-hetero) is 1. The second-order valence-electron chi connectivity index (χ2n) is 5.46. The predicted octanol–water partition coefficient (Wildman–Crippen LogP) is 2.43. The maximum Gasteiger partial charge on any atom is 0.325 e. The van der Waals surface area contributed by atoms with Crippen molar-refractivity contribution in [2.24, 2.45) is 0 Å². The Bertz CT molecular complexity index is 788. The Hall–Kier alpha value is -2.41. The minimum Gasteiger partial charge on any atom is -0.359 e. The molecular formula is C16H14BrN3O3. The van der Waals surface area contributed by atoms with Crippen molar-refractivity contribution < 1.29 is 14.4 Å². The minimum absolute atomic E-state index is 0.297. The standard InChI is InChI=1S/C16H14BrN3O3/c1-16(10-4-2-5-11(17)8-10)14(22)20(15(23)19-16)9-13(21)12-6-3-7-18-12/h2-8,18H,9H2,1H3,(H,19,23)/t16-/m0/s1. The molecule has 7 heteroatoms. The quantitative estimate of drug-likeness (QED) is 0.635. The van der Waals surface area contributed by atoms with Gasteiger partial charge >= 0.3 is 6.03 Å². The summed E-state index contributed by atoms with van der Waals surface area (Å²) >= 11 is 3.35. The van der Waals surface area contributed by atoms with Crippen LogP contribution in [0.5, 0.6) is 0 Å². The molecule has 3 amide bonds. The van der Waals surface area contributed by atoms with E-state index in [4.69, 9.17) is 0 Å². The Morgan fingerprint density at radius 1 is 1.26 bits per heavy atom. The summed E-state index contributed by atoms with van der Waals surface area (Å²) in [6.07, 6.45) is 1.62. The van der Waals surface area contributed by atoms with E-state index >= 15 is 0 Å². The molecule has 1 aromatic heterocycles. The van der Waals surface area contributed by atoms with Crippen LogP contribution in [0.1, 0.15) is 23.0 Å². The van der Waals surface area contributed by atoms with Crippen LogP contribution in [0.3, 0.4) is 0 Å². The molecule has 1 fully saturated rings. The molecule has 1 saturated heterocycles. The molecule has 3 rings (SSSR count). The molecule has 0 spiro atoms. The lowest BCUT2D eigenvalue weighted by Gasteiger charge is -2.22. The Morgan fingerprint density at radius 2 is 2.04 bits per heavy atom. The first kappa shape index (κ1) is 15.5. The van der Waals surface area contributed by atoms with Crippen LogP contribution < -0.4 is 5.32 Å². The Morgan fingerprint density at radius 3 is 2.70 bits per heavy atom. The maximum absolute atomic E-state index is 12.7. The molecule has 1 atom stereocenters. The van der Waals surface area contributed by atoms with Crippen molar-refractivity contribution >= 4 is 33.7 Å². The number of carbonyl (C=O) groups excluding carboxylic acids is 3. The molecule has 2 N–H and O–H groups in total. The number of aromatic amines is 1. The third-order valence-electron chi connectivity index (χ3n) is 3.88. The summed E-state index contributed by atoms with van der Waals surface area (Å²) in [4.78, 5) is 40.8. The van der Waals surface area contributed by atoms with Gasteiger partial charge in [-0.1, -0.05) is 28.1 Å². The van der Waals surface area contributed by atoms with Crippen LogP contribution in [0, 0.1) is 0 Å². The predicted molar refractivity (Wildman–Crippen MR) is 86.9 cm³/mol. The number of nitrogens with one attached hydrogen (secondary N) is 2. The van der Waals surface area contributed by atoms with Crippen LogP contribution in [0.2, 0.25) is 0 Å². The average molecular weight is 376 g/mol. The average Bonchev–Trinajstić information content (AvgIpc) is 3.11. The molecule has 2 aromatic rings. The first-order valence-corrected chi connectivity index (χ1v) is 7.78. The van der Waals surface area contributed by atoms with Gasteiger partial charge in [0.25, 0.3) is 5.91 Å². The van der Waals surface area contributed by atoms with E-state index in [0.29, 0.717) is 11.3 Å². The minimum atomic E-state index is -1.18. The number of nitrogens with zero attached hydrogens (tertiary/aromatic N) is 1. The molecule has 0 bridgehead atoms. The Labute approximate surface area is 141 Å². The summed E-state index contributed by atoms with van der Waals surface area (Å²) in [5.41, 5.74) is -0.168. The highest BCUT2D eigenvalue weighted by Crippen LogP contribution is 2.30. The highest BCUT2D eigenvalue weighted by Gasteiger charge is 2.49. The highest BCUT2D eigenvalue weighted by atomic mass is 79.9. The molecular weight excluding hydrogens is 362 g/mol. The Kier molecular flexibility index (Phi) is 3.81. The summed E-state index contributed by atoms with van der Waals surface area (Å²) in [6, 6.07) is 9.88. The number of aromatic nitrogens is 1. The molecule has 1 aliphatic heterocycles. The smallest absolute Gasteiger partial charge is 0.325 e. The zero-order chi connectivity index (χ0) is 16.6. The van der Waals surface area contributed by atoms with Gasteiger partial charge < -0.3 is 10.3 Å². The molecule has 2 heterocycles. The number of imide groups is 1. The van der Waals surface area contributed by atoms with Gasteiger partial charge in [0, 0.05) is 10.7 Å². The van der Waals surface area contributed by atoms with Crippen molar-refractivity contribution in [3.05, 3.63) is 58.3 Å². The summed E-state index contributed by atoms with van der Waals surface area (Å²) in [5.74, 6) is -0.766. The van der Waals surface area contributed by atoms with Gasteiger partial charge in [0.2, 0.25) is 0 Å². The van der Waals surface area contributed by atoms with E-state index in [-0.39, 0.29) is 12.3 Å². The van der Waals surface area contributed by atoms with E-state index in [9.17, 15) is 14.4 Å². The molecule has 0 unspecified atom stereocenters. The third-order valence-corrected chi connectivity index (χ3v) is 4.37. The number of H-pyrrole nitrogens is 1. The molecule has 118 valence electrons. The molecule has 0 radical (unpaired) electrons. The van der Waals surface area contributed by atoms with Gasteiger partial charge in [-0.25, -0.2) is 4.79 Å². The summed E-state index contributed by atoms with van der Waals surface area (Å²) in [5, 5.41) is 2.68. The van der Waals surface area contributed by atoms with Crippen LogP contribution in [-0.4, -0.2) is 34.2 Å². The van der Waals surface area contributed by atoms with Crippen LogP contribution in [0.25, 0.3) is 0 Å². The van der Waals surface area contributed by atoms with Crippen LogP contribution in [0.15, 0.2) is 47.1 Å². The maximum atomic E-state index is 12.7. The Balaban J connectivity index is 1.86. The zero-order valence-electron chi connectivity index (χ0n) is 12.3. The normalized spacial score (nSPS) is 20.7. The SMILES string of the molecule is C[C@@]1(c2cccc(Br)c2)NC(=O)N(CC(=O)c2ccc[nH]2)C1=O. The van der Waals surface area contributed by atoms with E-state index < -0.39 is 17.5 Å². The second-order valence-corrected chi connectivity index (χ2v) is 6.38. The summed E-state index contributed by atoms with van der Waals surface area (Å²) < 4.78 is 0.805. The fourth-order valence-corrected chi connectivity index (χ4v) is 2.97. The van der Waals surface area contributed by atoms with Gasteiger partial charge in [-0.3, -0.25) is 14.5 Å². The van der Waals surface area contributed by atoms with Crippen LogP contribution >= 0.6 is 15.9 Å². The fourth-order valence-electron chi connectivity index (χ4n) is 2.57. The molecule has 0 saturated carbocycles. The largest absolute Gasteiger partial charge is 0.359 e. The number of amides is 3. The van der Waals surface area contributed by atoms with Gasteiger partial charge in [-0.2, -0.15) is 0 Å². The lowest BCUT2D eigenvalue weighted by molar-refractivity contribution is -0.130. The van der Waals surface area contributed by atoms with Gasteiger partial charge in [-0.05, 0) is 36.8 Å². The zero-order valence-corrected chi connectivity index (χ0v) is 13.9. The number of hydrogen-bond donors (Lipinski definition) is 2. The van der Waals surface area contributed by atoms with E-state index in [2.05, 4.69) is 26.2 Å². The van der Waals surface area contributed by atoms with Crippen molar-refractivity contribution in [3.63, 3.8) is 0 Å². The molecule has 0 aliphatic carbocycles. The molecule has 23 heavy (non-hydrogen) atoms. The lowest BCUT2D eigenvalue weighted by atomic mass is 9.92. The number of benzene rings is 1. The number of hydrogen-bond acceptors (Lipinski definition) is 3. The number of ketones is 1. The number of carbonyl (C=O) groups is 3. The number of urea groups is 1. The number of rotatable bonds is 4. The van der Waals surface area contributed by atoms with Crippen LogP contribution in [0.4, 0.5) is 4.79 Å². The van der Waals surface area contributed by atoms with Gasteiger partial charge in [0.15, 0.2) is 5.78 Å². The van der Waals surface area contributed by atoms with Crippen molar-refractivity contribution in [1.82, 2.24) is 15.2 Å². The van der Waals surface area contributed by atoms with Gasteiger partial charge in [0.1, 0.15) is 5.54 Å². The highest BCUT2D eigenvalue weighted by molar-refractivity contribution is 9.10. The fraction of sp³-hybridized carbons (Fsp3) is 0.188. The van der Waals surface area contributed by atoms with E-state index in [0.717, 1.165) is 9.37 Å². The van der Waals surface area contributed by atoms with Crippen molar-refractivity contribution in [3.8, 4) is 0 Å². The van der Waals surface area contributed by atoms with E-state index in [1.807, 2.05) is 6.07 Å². The van der Waals surface area contributed by atoms with E-state index in [1.54, 1.807) is 43.5 Å². The molecule has 1 aliphatic rings. The summed E-state index contributed by atoms with van der Waals surface area (Å²) in [6.45, 7) is 1.34. The topological polar surface area (TPSA) is 82.3 Å². The van der Waals surface area contributed by atoms with E-state index in [1.165, 1.54) is 0 Å². The van der Waals surface area contributed by atoms with Crippen molar-refractivity contribution in [1.29, 1.82) is 0 Å². The third kappa shape index (κ3) is 2.68. The van der Waals surface area contributed by atoms with Crippen LogP contribution in [-0.2, 0) is 10.3 Å². The second kappa shape index (κ2) is 5.66. The molecule has 1 aromatic carbocycles. The lowest BCUT2D eigenvalue weighted by Crippen LogP contribution is -2.41.